The van der Waals surface area contributed by atoms with Crippen LogP contribution in [0.4, 0.5) is 0 Å². The zero-order chi connectivity index (χ0) is 14.5. The zero-order valence-corrected chi connectivity index (χ0v) is 12.0. The molecule has 2 rings (SSSR count). The Balaban J connectivity index is 2.06. The highest BCUT2D eigenvalue weighted by Gasteiger charge is 2.12. The smallest absolute Gasteiger partial charge is 0.146 e. The Morgan fingerprint density at radius 2 is 2.25 bits per heavy atom. The van der Waals surface area contributed by atoms with Crippen LogP contribution in [0.1, 0.15) is 31.3 Å². The van der Waals surface area contributed by atoms with Gasteiger partial charge in [-0.25, -0.2) is 0 Å². The predicted octanol–water partition coefficient (Wildman–Crippen LogP) is 1.86. The van der Waals surface area contributed by atoms with Crippen LogP contribution in [0.25, 0.3) is 0 Å². The molecule has 1 unspecified atom stereocenters. The van der Waals surface area contributed by atoms with Crippen molar-refractivity contribution in [2.45, 2.75) is 33.0 Å². The number of aryl methyl sites for hydroxylation is 1. The molecule has 0 fully saturated rings. The number of phenols is 1. The SMILES string of the molecule is CCn1cnnc1CNC(C)c1cc(OC)ccc1O. The van der Waals surface area contributed by atoms with Gasteiger partial charge in [0.05, 0.1) is 13.7 Å². The molecule has 0 aliphatic rings. The lowest BCUT2D eigenvalue weighted by atomic mass is 10.1. The lowest BCUT2D eigenvalue weighted by molar-refractivity contribution is 0.407. The number of phenolic OH excluding ortho intramolecular Hbond substituents is 1. The predicted molar refractivity (Wildman–Crippen MR) is 75.6 cm³/mol. The van der Waals surface area contributed by atoms with Crippen LogP contribution in [-0.2, 0) is 13.1 Å². The van der Waals surface area contributed by atoms with Crippen molar-refractivity contribution in [1.29, 1.82) is 0 Å². The number of nitrogens with one attached hydrogen (secondary N) is 1. The Morgan fingerprint density at radius 1 is 1.45 bits per heavy atom. The molecule has 6 nitrogen and oxygen atoms in total. The molecule has 2 N–H and O–H groups in total. The van der Waals surface area contributed by atoms with Gasteiger partial charge in [0.2, 0.25) is 0 Å². The van der Waals surface area contributed by atoms with E-state index in [4.69, 9.17) is 4.74 Å². The molecular weight excluding hydrogens is 256 g/mol. The van der Waals surface area contributed by atoms with Crippen LogP contribution in [-0.4, -0.2) is 27.0 Å². The lowest BCUT2D eigenvalue weighted by Gasteiger charge is -2.16. The molecule has 2 aromatic rings. The highest BCUT2D eigenvalue weighted by molar-refractivity contribution is 5.41. The number of aromatic nitrogens is 3. The van der Waals surface area contributed by atoms with Gasteiger partial charge < -0.3 is 19.7 Å². The summed E-state index contributed by atoms with van der Waals surface area (Å²) in [4.78, 5) is 0. The summed E-state index contributed by atoms with van der Waals surface area (Å²) in [6, 6.07) is 5.18. The van der Waals surface area contributed by atoms with Gasteiger partial charge in [-0.15, -0.1) is 10.2 Å². The molecule has 1 atom stereocenters. The fourth-order valence-electron chi connectivity index (χ4n) is 2.04. The first-order valence-corrected chi connectivity index (χ1v) is 6.62. The van der Waals surface area contributed by atoms with Gasteiger partial charge in [0, 0.05) is 18.2 Å². The number of hydrogen-bond donors (Lipinski definition) is 2. The number of nitrogens with zero attached hydrogens (tertiary/aromatic N) is 3. The van der Waals surface area contributed by atoms with E-state index in [1.807, 2.05) is 24.5 Å². The van der Waals surface area contributed by atoms with Crippen molar-refractivity contribution in [3.8, 4) is 11.5 Å². The third-order valence-electron chi connectivity index (χ3n) is 3.30. The first-order valence-electron chi connectivity index (χ1n) is 6.62. The normalized spacial score (nSPS) is 12.3. The molecule has 20 heavy (non-hydrogen) atoms. The van der Waals surface area contributed by atoms with E-state index in [-0.39, 0.29) is 11.8 Å². The van der Waals surface area contributed by atoms with Crippen LogP contribution >= 0.6 is 0 Å². The Labute approximate surface area is 118 Å². The van der Waals surface area contributed by atoms with E-state index in [1.54, 1.807) is 25.6 Å². The van der Waals surface area contributed by atoms with Crippen LogP contribution in [0.3, 0.4) is 0 Å². The van der Waals surface area contributed by atoms with Gasteiger partial charge >= 0.3 is 0 Å². The molecule has 0 aliphatic carbocycles. The molecule has 0 spiro atoms. The van der Waals surface area contributed by atoms with Crippen LogP contribution in [0.2, 0.25) is 0 Å². The number of benzene rings is 1. The first-order chi connectivity index (χ1) is 9.65. The molecule has 0 saturated heterocycles. The molecule has 0 bridgehead atoms. The van der Waals surface area contributed by atoms with Crippen molar-refractivity contribution < 1.29 is 9.84 Å². The molecule has 6 heteroatoms. The summed E-state index contributed by atoms with van der Waals surface area (Å²) in [5.41, 5.74) is 0.798. The Hall–Kier alpha value is -2.08. The number of aromatic hydroxyl groups is 1. The van der Waals surface area contributed by atoms with E-state index in [0.717, 1.165) is 23.7 Å². The summed E-state index contributed by atoms with van der Waals surface area (Å²) in [5.74, 6) is 1.85. The second-order valence-corrected chi connectivity index (χ2v) is 4.56. The molecule has 1 aromatic carbocycles. The van der Waals surface area contributed by atoms with Gasteiger partial charge in [0.1, 0.15) is 23.7 Å². The Bertz CT molecular complexity index is 568. The highest BCUT2D eigenvalue weighted by Crippen LogP contribution is 2.28. The standard InChI is InChI=1S/C14H20N4O2/c1-4-18-9-16-17-14(18)8-15-10(2)12-7-11(20-3)5-6-13(12)19/h5-7,9-10,15,19H,4,8H2,1-3H3. The first kappa shape index (κ1) is 14.3. The third-order valence-corrected chi connectivity index (χ3v) is 3.30. The largest absolute Gasteiger partial charge is 0.508 e. The number of ether oxygens (including phenoxy) is 1. The molecule has 108 valence electrons. The van der Waals surface area contributed by atoms with Gasteiger partial charge in [0.15, 0.2) is 0 Å². The van der Waals surface area contributed by atoms with E-state index in [2.05, 4.69) is 15.5 Å². The van der Waals surface area contributed by atoms with E-state index in [9.17, 15) is 5.11 Å². The maximum absolute atomic E-state index is 9.93. The van der Waals surface area contributed by atoms with E-state index in [0.29, 0.717) is 6.54 Å². The number of rotatable bonds is 6. The summed E-state index contributed by atoms with van der Waals surface area (Å²) < 4.78 is 7.16. The number of methoxy groups -OCH3 is 1. The molecule has 0 saturated carbocycles. The minimum Gasteiger partial charge on any atom is -0.508 e. The highest BCUT2D eigenvalue weighted by atomic mass is 16.5. The molecule has 1 heterocycles. The van der Waals surface area contributed by atoms with Gasteiger partial charge in [-0.3, -0.25) is 0 Å². The molecule has 0 amide bonds. The van der Waals surface area contributed by atoms with Gasteiger partial charge in [-0.2, -0.15) is 0 Å². The third kappa shape index (κ3) is 3.08. The monoisotopic (exact) mass is 276 g/mol. The molecular formula is C14H20N4O2. The lowest BCUT2D eigenvalue weighted by Crippen LogP contribution is -2.20. The molecule has 0 radical (unpaired) electrons. The van der Waals surface area contributed by atoms with Crippen LogP contribution in [0, 0.1) is 0 Å². The summed E-state index contributed by atoms with van der Waals surface area (Å²) in [7, 11) is 1.61. The Morgan fingerprint density at radius 3 is 2.95 bits per heavy atom. The van der Waals surface area contributed by atoms with Gasteiger partial charge in [-0.05, 0) is 32.0 Å². The average molecular weight is 276 g/mol. The van der Waals surface area contributed by atoms with Crippen molar-refractivity contribution in [1.82, 2.24) is 20.1 Å². The fraction of sp³-hybridized carbons (Fsp3) is 0.429. The van der Waals surface area contributed by atoms with Crippen LogP contribution in [0.15, 0.2) is 24.5 Å². The maximum atomic E-state index is 9.93. The minimum absolute atomic E-state index is 0.0212. The van der Waals surface area contributed by atoms with Crippen LogP contribution < -0.4 is 10.1 Å². The van der Waals surface area contributed by atoms with E-state index >= 15 is 0 Å². The summed E-state index contributed by atoms with van der Waals surface area (Å²) >= 11 is 0. The van der Waals surface area contributed by atoms with Crippen molar-refractivity contribution >= 4 is 0 Å². The van der Waals surface area contributed by atoms with Crippen molar-refractivity contribution in [2.75, 3.05) is 7.11 Å². The summed E-state index contributed by atoms with van der Waals surface area (Å²) in [5, 5.41) is 21.2. The maximum Gasteiger partial charge on any atom is 0.146 e. The Kier molecular flexibility index (Phi) is 4.57. The van der Waals surface area contributed by atoms with E-state index in [1.165, 1.54) is 0 Å². The van der Waals surface area contributed by atoms with Gasteiger partial charge in [-0.1, -0.05) is 0 Å². The molecule has 1 aromatic heterocycles. The topological polar surface area (TPSA) is 72.2 Å². The quantitative estimate of drug-likeness (QED) is 0.842. The van der Waals surface area contributed by atoms with E-state index < -0.39 is 0 Å². The summed E-state index contributed by atoms with van der Waals surface area (Å²) in [6.07, 6.45) is 1.71. The van der Waals surface area contributed by atoms with Crippen LogP contribution in [0.5, 0.6) is 11.5 Å². The van der Waals surface area contributed by atoms with Crippen molar-refractivity contribution in [2.24, 2.45) is 0 Å². The fourth-order valence-corrected chi connectivity index (χ4v) is 2.04. The zero-order valence-electron chi connectivity index (χ0n) is 12.0. The average Bonchev–Trinajstić information content (AvgIpc) is 2.92. The minimum atomic E-state index is -0.0212. The molecule has 0 aliphatic heterocycles. The summed E-state index contributed by atoms with van der Waals surface area (Å²) in [6.45, 7) is 5.46. The second-order valence-electron chi connectivity index (χ2n) is 4.56. The second kappa shape index (κ2) is 6.38. The number of hydrogen-bond acceptors (Lipinski definition) is 5. The van der Waals surface area contributed by atoms with Gasteiger partial charge in [0.25, 0.3) is 0 Å². The van der Waals surface area contributed by atoms with Crippen molar-refractivity contribution in [3.05, 3.63) is 35.9 Å². The van der Waals surface area contributed by atoms with Crippen molar-refractivity contribution in [3.63, 3.8) is 0 Å².